The Balaban J connectivity index is 2.14. The topological polar surface area (TPSA) is 49.0 Å². The van der Waals surface area contributed by atoms with Crippen LogP contribution in [0.2, 0.25) is 0 Å². The maximum absolute atomic E-state index is 5.51. The summed E-state index contributed by atoms with van der Waals surface area (Å²) in [6, 6.07) is 10.0. The summed E-state index contributed by atoms with van der Waals surface area (Å²) in [6.45, 7) is 3.41. The van der Waals surface area contributed by atoms with E-state index in [1.807, 2.05) is 24.3 Å². The van der Waals surface area contributed by atoms with E-state index in [0.29, 0.717) is 30.3 Å². The standard InChI is InChI=1S/C19H25NO4/c1-13-6-8-16(21-2)15(10-13)12-20-11-14-7-9-17(22-3)19(24-5)18(14)23-4/h6-10,20H,11-12H2,1-5H3. The van der Waals surface area contributed by atoms with Gasteiger partial charge in [-0.15, -0.1) is 0 Å². The molecule has 5 heteroatoms. The molecule has 0 fully saturated rings. The van der Waals surface area contributed by atoms with Gasteiger partial charge in [0.25, 0.3) is 0 Å². The van der Waals surface area contributed by atoms with Gasteiger partial charge in [0, 0.05) is 24.2 Å². The van der Waals surface area contributed by atoms with E-state index in [1.165, 1.54) is 5.56 Å². The minimum absolute atomic E-state index is 0.604. The minimum atomic E-state index is 0.604. The number of nitrogens with one attached hydrogen (secondary N) is 1. The molecule has 0 spiro atoms. The largest absolute Gasteiger partial charge is 0.496 e. The van der Waals surface area contributed by atoms with E-state index in [4.69, 9.17) is 18.9 Å². The van der Waals surface area contributed by atoms with Gasteiger partial charge in [-0.05, 0) is 19.1 Å². The summed E-state index contributed by atoms with van der Waals surface area (Å²) in [5.74, 6) is 2.82. The van der Waals surface area contributed by atoms with Crippen molar-refractivity contribution >= 4 is 0 Å². The Labute approximate surface area is 143 Å². The number of aryl methyl sites for hydroxylation is 1. The Bertz CT molecular complexity index is 685. The van der Waals surface area contributed by atoms with E-state index in [1.54, 1.807) is 28.4 Å². The quantitative estimate of drug-likeness (QED) is 0.804. The summed E-state index contributed by atoms with van der Waals surface area (Å²) in [5, 5.41) is 3.43. The summed E-state index contributed by atoms with van der Waals surface area (Å²) in [4.78, 5) is 0. The third-order valence-electron chi connectivity index (χ3n) is 3.85. The molecule has 0 saturated heterocycles. The first-order valence-corrected chi connectivity index (χ1v) is 7.76. The van der Waals surface area contributed by atoms with Crippen LogP contribution in [0.15, 0.2) is 30.3 Å². The van der Waals surface area contributed by atoms with E-state index < -0.39 is 0 Å². The lowest BCUT2D eigenvalue weighted by molar-refractivity contribution is 0.321. The predicted molar refractivity (Wildman–Crippen MR) is 94.4 cm³/mol. The zero-order chi connectivity index (χ0) is 17.5. The Morgan fingerprint density at radius 2 is 1.33 bits per heavy atom. The van der Waals surface area contributed by atoms with Crippen molar-refractivity contribution in [2.75, 3.05) is 28.4 Å². The SMILES string of the molecule is COc1ccc(C)cc1CNCc1ccc(OC)c(OC)c1OC. The number of ether oxygens (including phenoxy) is 4. The number of rotatable bonds is 8. The van der Waals surface area contributed by atoms with E-state index in [-0.39, 0.29) is 0 Å². The van der Waals surface area contributed by atoms with Crippen molar-refractivity contribution in [3.05, 3.63) is 47.0 Å². The summed E-state index contributed by atoms with van der Waals surface area (Å²) in [7, 11) is 6.53. The highest BCUT2D eigenvalue weighted by atomic mass is 16.5. The second-order valence-electron chi connectivity index (χ2n) is 5.41. The number of benzene rings is 2. The van der Waals surface area contributed by atoms with Gasteiger partial charge < -0.3 is 24.3 Å². The third kappa shape index (κ3) is 3.92. The average Bonchev–Trinajstić information content (AvgIpc) is 2.61. The molecule has 2 rings (SSSR count). The van der Waals surface area contributed by atoms with Gasteiger partial charge in [0.2, 0.25) is 5.75 Å². The molecule has 0 unspecified atom stereocenters. The number of hydrogen-bond donors (Lipinski definition) is 1. The van der Waals surface area contributed by atoms with Crippen LogP contribution in [0.1, 0.15) is 16.7 Å². The summed E-state index contributed by atoms with van der Waals surface area (Å²) >= 11 is 0. The molecule has 1 N–H and O–H groups in total. The summed E-state index contributed by atoms with van der Waals surface area (Å²) < 4.78 is 21.6. The van der Waals surface area contributed by atoms with Gasteiger partial charge in [0.1, 0.15) is 5.75 Å². The van der Waals surface area contributed by atoms with E-state index in [2.05, 4.69) is 18.3 Å². The fourth-order valence-electron chi connectivity index (χ4n) is 2.68. The monoisotopic (exact) mass is 331 g/mol. The fraction of sp³-hybridized carbons (Fsp3) is 0.368. The molecule has 24 heavy (non-hydrogen) atoms. The molecule has 0 heterocycles. The first kappa shape index (κ1) is 17.9. The van der Waals surface area contributed by atoms with Gasteiger partial charge in [-0.1, -0.05) is 23.8 Å². The Kier molecular flexibility index (Phi) is 6.32. The van der Waals surface area contributed by atoms with Crippen LogP contribution >= 0.6 is 0 Å². The average molecular weight is 331 g/mol. The highest BCUT2D eigenvalue weighted by molar-refractivity contribution is 5.55. The van der Waals surface area contributed by atoms with Crippen molar-refractivity contribution in [2.45, 2.75) is 20.0 Å². The Hall–Kier alpha value is -2.40. The van der Waals surface area contributed by atoms with Crippen LogP contribution in [0.5, 0.6) is 23.0 Å². The molecule has 0 atom stereocenters. The molecule has 0 bridgehead atoms. The van der Waals surface area contributed by atoms with Crippen molar-refractivity contribution in [3.63, 3.8) is 0 Å². The van der Waals surface area contributed by atoms with Crippen molar-refractivity contribution in [1.82, 2.24) is 5.32 Å². The summed E-state index contributed by atoms with van der Waals surface area (Å²) in [5.41, 5.74) is 3.33. The molecule has 0 aromatic heterocycles. The molecule has 0 aliphatic heterocycles. The molecule has 0 saturated carbocycles. The first-order valence-electron chi connectivity index (χ1n) is 7.76. The van der Waals surface area contributed by atoms with Gasteiger partial charge in [-0.3, -0.25) is 0 Å². The second-order valence-corrected chi connectivity index (χ2v) is 5.41. The van der Waals surface area contributed by atoms with Gasteiger partial charge in [0.15, 0.2) is 11.5 Å². The van der Waals surface area contributed by atoms with Crippen LogP contribution in [-0.4, -0.2) is 28.4 Å². The van der Waals surface area contributed by atoms with Crippen LogP contribution in [0.25, 0.3) is 0 Å². The van der Waals surface area contributed by atoms with Crippen LogP contribution in [-0.2, 0) is 13.1 Å². The minimum Gasteiger partial charge on any atom is -0.496 e. The maximum Gasteiger partial charge on any atom is 0.203 e. The maximum atomic E-state index is 5.51. The summed E-state index contributed by atoms with van der Waals surface area (Å²) in [6.07, 6.45) is 0. The lowest BCUT2D eigenvalue weighted by atomic mass is 10.1. The first-order chi connectivity index (χ1) is 11.6. The van der Waals surface area contributed by atoms with Crippen LogP contribution in [0, 0.1) is 6.92 Å². The van der Waals surface area contributed by atoms with Crippen molar-refractivity contribution in [2.24, 2.45) is 0 Å². The van der Waals surface area contributed by atoms with Gasteiger partial charge in [-0.2, -0.15) is 0 Å². The second kappa shape index (κ2) is 8.45. The molecule has 0 amide bonds. The van der Waals surface area contributed by atoms with Crippen LogP contribution in [0.3, 0.4) is 0 Å². The highest BCUT2D eigenvalue weighted by Gasteiger charge is 2.15. The van der Waals surface area contributed by atoms with Crippen molar-refractivity contribution in [3.8, 4) is 23.0 Å². The molecule has 2 aromatic rings. The van der Waals surface area contributed by atoms with Gasteiger partial charge in [0.05, 0.1) is 28.4 Å². The van der Waals surface area contributed by atoms with Crippen molar-refractivity contribution < 1.29 is 18.9 Å². The van der Waals surface area contributed by atoms with Crippen molar-refractivity contribution in [1.29, 1.82) is 0 Å². The van der Waals surface area contributed by atoms with E-state index in [9.17, 15) is 0 Å². The molecule has 5 nitrogen and oxygen atoms in total. The van der Waals surface area contributed by atoms with Gasteiger partial charge >= 0.3 is 0 Å². The molecule has 0 aliphatic carbocycles. The molecular weight excluding hydrogens is 306 g/mol. The highest BCUT2D eigenvalue weighted by Crippen LogP contribution is 2.39. The smallest absolute Gasteiger partial charge is 0.203 e. The predicted octanol–water partition coefficient (Wildman–Crippen LogP) is 3.32. The Morgan fingerprint density at radius 3 is 1.96 bits per heavy atom. The number of hydrogen-bond acceptors (Lipinski definition) is 5. The molecular formula is C19H25NO4. The van der Waals surface area contributed by atoms with E-state index >= 15 is 0 Å². The third-order valence-corrected chi connectivity index (χ3v) is 3.85. The molecule has 2 aromatic carbocycles. The van der Waals surface area contributed by atoms with Crippen LogP contribution < -0.4 is 24.3 Å². The van der Waals surface area contributed by atoms with Crippen LogP contribution in [0.4, 0.5) is 0 Å². The lowest BCUT2D eigenvalue weighted by Gasteiger charge is -2.16. The van der Waals surface area contributed by atoms with E-state index in [0.717, 1.165) is 16.9 Å². The molecule has 0 aliphatic rings. The Morgan fingerprint density at radius 1 is 0.708 bits per heavy atom. The lowest BCUT2D eigenvalue weighted by Crippen LogP contribution is -2.14. The molecule has 130 valence electrons. The molecule has 0 radical (unpaired) electrons. The van der Waals surface area contributed by atoms with Gasteiger partial charge in [-0.25, -0.2) is 0 Å². The fourth-order valence-corrected chi connectivity index (χ4v) is 2.68. The normalized spacial score (nSPS) is 10.4. The zero-order valence-corrected chi connectivity index (χ0v) is 14.9. The number of methoxy groups -OCH3 is 4. The zero-order valence-electron chi connectivity index (χ0n) is 14.9.